The molecule has 1 aliphatic carbocycles. The van der Waals surface area contributed by atoms with Crippen LogP contribution >= 0.6 is 0 Å². The molecular weight excluding hydrogens is 259 g/mol. The van der Waals surface area contributed by atoms with Crippen molar-refractivity contribution < 1.29 is 14.3 Å². The van der Waals surface area contributed by atoms with Gasteiger partial charge in [-0.1, -0.05) is 12.8 Å². The van der Waals surface area contributed by atoms with Crippen molar-refractivity contribution in [3.63, 3.8) is 0 Å². The molecule has 2 fully saturated rings. The number of hydrogen-bond acceptors (Lipinski definition) is 3. The third-order valence-corrected chi connectivity index (χ3v) is 4.62. The van der Waals surface area contributed by atoms with E-state index in [0.717, 1.165) is 19.4 Å². The predicted molar refractivity (Wildman–Crippen MR) is 73.5 cm³/mol. The number of hydrogen-bond donors (Lipinski definition) is 1. The number of carboxylic acids is 1. The summed E-state index contributed by atoms with van der Waals surface area (Å²) in [5.74, 6) is -1.10. The molecule has 108 valence electrons. The summed E-state index contributed by atoms with van der Waals surface area (Å²) in [7, 11) is 0. The van der Waals surface area contributed by atoms with Gasteiger partial charge in [-0.25, -0.2) is 14.2 Å². The van der Waals surface area contributed by atoms with Crippen molar-refractivity contribution in [2.24, 2.45) is 5.92 Å². The Kier molecular flexibility index (Phi) is 3.59. The smallest absolute Gasteiger partial charge is 0.338 e. The summed E-state index contributed by atoms with van der Waals surface area (Å²) in [6, 6.07) is 1.55. The lowest BCUT2D eigenvalue weighted by molar-refractivity contribution is 0.0691. The van der Waals surface area contributed by atoms with Gasteiger partial charge in [0.2, 0.25) is 0 Å². The number of nitrogens with zero attached hydrogens (tertiary/aromatic N) is 2. The first kappa shape index (κ1) is 13.3. The van der Waals surface area contributed by atoms with E-state index in [4.69, 9.17) is 5.11 Å². The third-order valence-electron chi connectivity index (χ3n) is 4.62. The van der Waals surface area contributed by atoms with Gasteiger partial charge in [0.15, 0.2) is 11.6 Å². The topological polar surface area (TPSA) is 53.4 Å². The minimum Gasteiger partial charge on any atom is -0.478 e. The molecule has 0 radical (unpaired) electrons. The van der Waals surface area contributed by atoms with Crippen molar-refractivity contribution in [1.82, 2.24) is 4.98 Å². The van der Waals surface area contributed by atoms with Crippen molar-refractivity contribution >= 4 is 11.8 Å². The lowest BCUT2D eigenvalue weighted by atomic mass is 9.96. The first-order valence-electron chi connectivity index (χ1n) is 7.33. The van der Waals surface area contributed by atoms with E-state index in [2.05, 4.69) is 4.98 Å². The molecule has 1 aromatic heterocycles. The summed E-state index contributed by atoms with van der Waals surface area (Å²) in [6.45, 7) is 0.772. The zero-order chi connectivity index (χ0) is 14.1. The summed E-state index contributed by atoms with van der Waals surface area (Å²) < 4.78 is 14.4. The number of halogens is 1. The first-order valence-corrected chi connectivity index (χ1v) is 7.33. The van der Waals surface area contributed by atoms with Crippen LogP contribution in [-0.2, 0) is 0 Å². The second-order valence-corrected chi connectivity index (χ2v) is 5.75. The largest absolute Gasteiger partial charge is 0.478 e. The van der Waals surface area contributed by atoms with E-state index >= 15 is 0 Å². The maximum atomic E-state index is 14.4. The SMILES string of the molecule is O=C(O)c1ccnc(N2CCCC2C2CCCC2)c1F. The van der Waals surface area contributed by atoms with Crippen molar-refractivity contribution in [3.05, 3.63) is 23.6 Å². The molecule has 0 spiro atoms. The van der Waals surface area contributed by atoms with Crippen molar-refractivity contribution in [2.45, 2.75) is 44.6 Å². The Hall–Kier alpha value is -1.65. The number of rotatable bonds is 3. The van der Waals surface area contributed by atoms with E-state index in [9.17, 15) is 9.18 Å². The van der Waals surface area contributed by atoms with Crippen molar-refractivity contribution in [2.75, 3.05) is 11.4 Å². The van der Waals surface area contributed by atoms with Gasteiger partial charge in [0.25, 0.3) is 0 Å². The fraction of sp³-hybridized carbons (Fsp3) is 0.600. The molecule has 1 N–H and O–H groups in total. The second kappa shape index (κ2) is 5.38. The highest BCUT2D eigenvalue weighted by Crippen LogP contribution is 2.38. The zero-order valence-corrected chi connectivity index (χ0v) is 11.4. The van der Waals surface area contributed by atoms with E-state index in [0.29, 0.717) is 12.0 Å². The van der Waals surface area contributed by atoms with Crippen molar-refractivity contribution in [3.8, 4) is 0 Å². The van der Waals surface area contributed by atoms with Gasteiger partial charge in [0.05, 0.1) is 0 Å². The van der Waals surface area contributed by atoms with E-state index in [-0.39, 0.29) is 11.4 Å². The monoisotopic (exact) mass is 278 g/mol. The molecule has 3 rings (SSSR count). The van der Waals surface area contributed by atoms with Gasteiger partial charge in [-0.3, -0.25) is 0 Å². The van der Waals surface area contributed by atoms with Gasteiger partial charge < -0.3 is 10.0 Å². The Morgan fingerprint density at radius 1 is 1.30 bits per heavy atom. The summed E-state index contributed by atoms with van der Waals surface area (Å²) >= 11 is 0. The van der Waals surface area contributed by atoms with Gasteiger partial charge in [-0.15, -0.1) is 0 Å². The molecule has 0 aromatic carbocycles. The summed E-state index contributed by atoms with van der Waals surface area (Å²) in [5.41, 5.74) is -0.285. The fourth-order valence-electron chi connectivity index (χ4n) is 3.69. The van der Waals surface area contributed by atoms with Crippen LogP contribution in [0, 0.1) is 11.7 Å². The molecule has 1 unspecified atom stereocenters. The molecule has 1 saturated heterocycles. The van der Waals surface area contributed by atoms with Gasteiger partial charge in [0.1, 0.15) is 5.56 Å². The Morgan fingerprint density at radius 2 is 2.05 bits per heavy atom. The lowest BCUT2D eigenvalue weighted by Gasteiger charge is -2.30. The van der Waals surface area contributed by atoms with E-state index < -0.39 is 11.8 Å². The molecule has 5 heteroatoms. The Bertz CT molecular complexity index is 515. The molecule has 1 atom stereocenters. The molecule has 1 aliphatic heterocycles. The molecule has 1 saturated carbocycles. The average molecular weight is 278 g/mol. The van der Waals surface area contributed by atoms with E-state index in [1.165, 1.54) is 37.9 Å². The van der Waals surface area contributed by atoms with Gasteiger partial charge >= 0.3 is 5.97 Å². The second-order valence-electron chi connectivity index (χ2n) is 5.75. The Balaban J connectivity index is 1.91. The Morgan fingerprint density at radius 3 is 2.75 bits per heavy atom. The highest BCUT2D eigenvalue weighted by Gasteiger charge is 2.35. The van der Waals surface area contributed by atoms with Crippen LogP contribution in [0.15, 0.2) is 12.3 Å². The number of pyridine rings is 1. The Labute approximate surface area is 117 Å². The van der Waals surface area contributed by atoms with Crippen LogP contribution in [0.3, 0.4) is 0 Å². The van der Waals surface area contributed by atoms with Crippen LogP contribution in [0.2, 0.25) is 0 Å². The molecule has 1 aromatic rings. The maximum absolute atomic E-state index is 14.4. The molecule has 0 amide bonds. The molecule has 2 aliphatic rings. The number of carboxylic acid groups (broad SMARTS) is 1. The summed E-state index contributed by atoms with van der Waals surface area (Å²) in [5, 5.41) is 9.02. The normalized spacial score (nSPS) is 23.4. The number of anilines is 1. The fourth-order valence-corrected chi connectivity index (χ4v) is 3.69. The minimum atomic E-state index is -1.23. The molecule has 2 heterocycles. The van der Waals surface area contributed by atoms with Crippen LogP contribution in [0.1, 0.15) is 48.9 Å². The molecule has 20 heavy (non-hydrogen) atoms. The van der Waals surface area contributed by atoms with E-state index in [1.54, 1.807) is 0 Å². The zero-order valence-electron chi connectivity index (χ0n) is 11.4. The standard InChI is InChI=1S/C15H19FN2O2/c16-13-11(15(19)20)7-8-17-14(13)18-9-3-6-12(18)10-4-1-2-5-10/h7-8,10,12H,1-6,9H2,(H,19,20). The average Bonchev–Trinajstić information content (AvgIpc) is 3.09. The summed E-state index contributed by atoms with van der Waals surface area (Å²) in [6.07, 6.45) is 8.37. The first-order chi connectivity index (χ1) is 9.68. The van der Waals surface area contributed by atoms with Gasteiger partial charge in [-0.2, -0.15) is 0 Å². The van der Waals surface area contributed by atoms with Crippen LogP contribution < -0.4 is 4.90 Å². The van der Waals surface area contributed by atoms with Crippen LogP contribution in [0.25, 0.3) is 0 Å². The van der Waals surface area contributed by atoms with E-state index in [1.807, 2.05) is 4.90 Å². The predicted octanol–water partition coefficient (Wildman–Crippen LogP) is 3.08. The minimum absolute atomic E-state index is 0.222. The third kappa shape index (κ3) is 2.25. The van der Waals surface area contributed by atoms with Gasteiger partial charge in [-0.05, 0) is 37.7 Å². The number of carbonyl (C=O) groups is 1. The van der Waals surface area contributed by atoms with Crippen LogP contribution in [0.4, 0.5) is 10.2 Å². The highest BCUT2D eigenvalue weighted by atomic mass is 19.1. The molecular formula is C15H19FN2O2. The quantitative estimate of drug-likeness (QED) is 0.923. The number of aromatic carboxylic acids is 1. The van der Waals surface area contributed by atoms with Crippen LogP contribution in [0.5, 0.6) is 0 Å². The number of aromatic nitrogens is 1. The van der Waals surface area contributed by atoms with Gasteiger partial charge in [0, 0.05) is 18.8 Å². The van der Waals surface area contributed by atoms with Crippen LogP contribution in [-0.4, -0.2) is 28.6 Å². The molecule has 0 bridgehead atoms. The maximum Gasteiger partial charge on any atom is 0.338 e. The highest BCUT2D eigenvalue weighted by molar-refractivity contribution is 5.88. The van der Waals surface area contributed by atoms with Crippen molar-refractivity contribution in [1.29, 1.82) is 0 Å². The summed E-state index contributed by atoms with van der Waals surface area (Å²) in [4.78, 5) is 17.2. The lowest BCUT2D eigenvalue weighted by Crippen LogP contribution is -2.36. The molecule has 4 nitrogen and oxygen atoms in total.